The van der Waals surface area contributed by atoms with E-state index in [2.05, 4.69) is 15.3 Å². The van der Waals surface area contributed by atoms with Crippen LogP contribution < -0.4 is 5.32 Å². The Morgan fingerprint density at radius 2 is 2.05 bits per heavy atom. The van der Waals surface area contributed by atoms with E-state index in [1.807, 2.05) is 12.1 Å². The summed E-state index contributed by atoms with van der Waals surface area (Å²) in [5.41, 5.74) is 1.31. The fourth-order valence-corrected chi connectivity index (χ4v) is 3.07. The van der Waals surface area contributed by atoms with Gasteiger partial charge in [0.15, 0.2) is 0 Å². The molecule has 1 aliphatic carbocycles. The first-order chi connectivity index (χ1) is 10.6. The molecule has 1 amide bonds. The zero-order chi connectivity index (χ0) is 15.5. The SMILES string of the molecule is O=C(N[C@@H]1CC[C@H](c2ccc(F)cc2)C1)c1ncncc1Cl. The van der Waals surface area contributed by atoms with Crippen molar-refractivity contribution in [1.29, 1.82) is 0 Å². The average Bonchev–Trinajstić information content (AvgIpc) is 2.97. The number of benzene rings is 1. The molecular weight excluding hydrogens is 305 g/mol. The minimum Gasteiger partial charge on any atom is -0.348 e. The van der Waals surface area contributed by atoms with Crippen LogP contribution in [0.4, 0.5) is 4.39 Å². The van der Waals surface area contributed by atoms with E-state index in [0.29, 0.717) is 5.92 Å². The Hall–Kier alpha value is -2.01. The van der Waals surface area contributed by atoms with Gasteiger partial charge in [0.25, 0.3) is 5.91 Å². The zero-order valence-electron chi connectivity index (χ0n) is 11.8. The van der Waals surface area contributed by atoms with Crippen molar-refractivity contribution < 1.29 is 9.18 Å². The zero-order valence-corrected chi connectivity index (χ0v) is 12.6. The Balaban J connectivity index is 1.62. The number of halogens is 2. The van der Waals surface area contributed by atoms with Crippen molar-refractivity contribution in [1.82, 2.24) is 15.3 Å². The van der Waals surface area contributed by atoms with E-state index in [9.17, 15) is 9.18 Å². The van der Waals surface area contributed by atoms with Gasteiger partial charge >= 0.3 is 0 Å². The van der Waals surface area contributed by atoms with Crippen LogP contribution in [0.2, 0.25) is 5.02 Å². The van der Waals surface area contributed by atoms with E-state index in [0.717, 1.165) is 24.8 Å². The lowest BCUT2D eigenvalue weighted by Crippen LogP contribution is -2.33. The summed E-state index contributed by atoms with van der Waals surface area (Å²) in [5.74, 6) is -0.172. The lowest BCUT2D eigenvalue weighted by atomic mass is 9.97. The van der Waals surface area contributed by atoms with Crippen LogP contribution in [-0.2, 0) is 0 Å². The maximum Gasteiger partial charge on any atom is 0.271 e. The van der Waals surface area contributed by atoms with E-state index in [1.165, 1.54) is 24.7 Å². The van der Waals surface area contributed by atoms with Crippen LogP contribution in [0.15, 0.2) is 36.8 Å². The van der Waals surface area contributed by atoms with Gasteiger partial charge in [0.05, 0.1) is 5.02 Å². The van der Waals surface area contributed by atoms with Gasteiger partial charge in [0, 0.05) is 12.2 Å². The number of carbonyl (C=O) groups is 1. The highest BCUT2D eigenvalue weighted by Crippen LogP contribution is 2.34. The molecule has 114 valence electrons. The molecule has 1 aliphatic rings. The second kappa shape index (κ2) is 6.40. The molecule has 0 aliphatic heterocycles. The fraction of sp³-hybridized carbons (Fsp3) is 0.312. The van der Waals surface area contributed by atoms with Crippen molar-refractivity contribution in [2.24, 2.45) is 0 Å². The fourth-order valence-electron chi connectivity index (χ4n) is 2.88. The third kappa shape index (κ3) is 3.25. The predicted molar refractivity (Wildman–Crippen MR) is 81.3 cm³/mol. The number of hydrogen-bond donors (Lipinski definition) is 1. The third-order valence-corrected chi connectivity index (χ3v) is 4.27. The van der Waals surface area contributed by atoms with Crippen LogP contribution in [0.25, 0.3) is 0 Å². The highest BCUT2D eigenvalue weighted by Gasteiger charge is 2.28. The summed E-state index contributed by atoms with van der Waals surface area (Å²) in [4.78, 5) is 19.8. The molecule has 6 heteroatoms. The topological polar surface area (TPSA) is 54.9 Å². The molecule has 0 radical (unpaired) electrons. The van der Waals surface area contributed by atoms with Crippen LogP contribution in [-0.4, -0.2) is 21.9 Å². The Bertz CT molecular complexity index is 677. The second-order valence-electron chi connectivity index (χ2n) is 5.45. The van der Waals surface area contributed by atoms with Gasteiger partial charge in [-0.05, 0) is 42.9 Å². The molecule has 0 unspecified atom stereocenters. The highest BCUT2D eigenvalue weighted by atomic mass is 35.5. The first kappa shape index (κ1) is 14.9. The molecule has 1 saturated carbocycles. The molecule has 1 fully saturated rings. The van der Waals surface area contributed by atoms with Crippen LogP contribution in [0, 0.1) is 5.82 Å². The lowest BCUT2D eigenvalue weighted by Gasteiger charge is -2.14. The van der Waals surface area contributed by atoms with Gasteiger partial charge in [-0.3, -0.25) is 4.79 Å². The van der Waals surface area contributed by atoms with E-state index in [1.54, 1.807) is 0 Å². The van der Waals surface area contributed by atoms with E-state index < -0.39 is 0 Å². The molecule has 1 aromatic carbocycles. The summed E-state index contributed by atoms with van der Waals surface area (Å²) in [5, 5.41) is 3.20. The van der Waals surface area contributed by atoms with Gasteiger partial charge in [-0.2, -0.15) is 0 Å². The van der Waals surface area contributed by atoms with Crippen LogP contribution in [0.3, 0.4) is 0 Å². The van der Waals surface area contributed by atoms with Gasteiger partial charge in [0.2, 0.25) is 0 Å². The van der Waals surface area contributed by atoms with Crippen molar-refractivity contribution in [3.05, 3.63) is 58.9 Å². The van der Waals surface area contributed by atoms with Crippen molar-refractivity contribution in [3.63, 3.8) is 0 Å². The van der Waals surface area contributed by atoms with Crippen molar-refractivity contribution >= 4 is 17.5 Å². The first-order valence-electron chi connectivity index (χ1n) is 7.15. The smallest absolute Gasteiger partial charge is 0.271 e. The molecule has 0 bridgehead atoms. The molecule has 0 spiro atoms. The Morgan fingerprint density at radius 1 is 1.27 bits per heavy atom. The number of carbonyl (C=O) groups excluding carboxylic acids is 1. The minimum atomic E-state index is -0.280. The number of amides is 1. The summed E-state index contributed by atoms with van der Waals surface area (Å²) >= 11 is 5.92. The highest BCUT2D eigenvalue weighted by molar-refractivity contribution is 6.33. The number of nitrogens with zero attached hydrogens (tertiary/aromatic N) is 2. The molecule has 3 rings (SSSR count). The molecule has 1 aromatic heterocycles. The lowest BCUT2D eigenvalue weighted by molar-refractivity contribution is 0.0932. The summed E-state index contributed by atoms with van der Waals surface area (Å²) in [6.45, 7) is 0. The van der Waals surface area contributed by atoms with Crippen molar-refractivity contribution in [2.75, 3.05) is 0 Å². The Morgan fingerprint density at radius 3 is 2.77 bits per heavy atom. The summed E-state index contributed by atoms with van der Waals surface area (Å²) in [6, 6.07) is 6.65. The molecular formula is C16H15ClFN3O. The molecule has 1 N–H and O–H groups in total. The number of rotatable bonds is 3. The van der Waals surface area contributed by atoms with E-state index >= 15 is 0 Å². The standard InChI is InChI=1S/C16H15ClFN3O/c17-14-8-19-9-20-15(14)16(22)21-13-6-3-11(7-13)10-1-4-12(18)5-2-10/h1-2,4-5,8-9,11,13H,3,6-7H2,(H,21,22)/t11-,13+/m0/s1. The van der Waals surface area contributed by atoms with Crippen molar-refractivity contribution in [2.45, 2.75) is 31.2 Å². The maximum atomic E-state index is 13.0. The van der Waals surface area contributed by atoms with Crippen molar-refractivity contribution in [3.8, 4) is 0 Å². The second-order valence-corrected chi connectivity index (χ2v) is 5.86. The van der Waals surface area contributed by atoms with Gasteiger partial charge in [-0.1, -0.05) is 23.7 Å². The van der Waals surface area contributed by atoms with Crippen LogP contribution >= 0.6 is 11.6 Å². The molecule has 22 heavy (non-hydrogen) atoms. The molecule has 2 atom stereocenters. The quantitative estimate of drug-likeness (QED) is 0.944. The van der Waals surface area contributed by atoms with Gasteiger partial charge < -0.3 is 5.32 Å². The molecule has 2 aromatic rings. The molecule has 4 nitrogen and oxygen atoms in total. The Kier molecular flexibility index (Phi) is 4.34. The summed E-state index contributed by atoms with van der Waals surface area (Å²) in [6.07, 6.45) is 5.39. The Labute approximate surface area is 132 Å². The van der Waals surface area contributed by atoms with E-state index in [4.69, 9.17) is 11.6 Å². The third-order valence-electron chi connectivity index (χ3n) is 3.99. The van der Waals surface area contributed by atoms with Crippen LogP contribution in [0.5, 0.6) is 0 Å². The summed E-state index contributed by atoms with van der Waals surface area (Å²) < 4.78 is 13.0. The minimum absolute atomic E-state index is 0.0774. The monoisotopic (exact) mass is 319 g/mol. The maximum absolute atomic E-state index is 13.0. The number of nitrogens with one attached hydrogen (secondary N) is 1. The normalized spacial score (nSPS) is 20.8. The first-order valence-corrected chi connectivity index (χ1v) is 7.53. The van der Waals surface area contributed by atoms with E-state index in [-0.39, 0.29) is 28.5 Å². The average molecular weight is 320 g/mol. The summed E-state index contributed by atoms with van der Waals surface area (Å²) in [7, 11) is 0. The van der Waals surface area contributed by atoms with Gasteiger partial charge in [-0.15, -0.1) is 0 Å². The molecule has 1 heterocycles. The number of hydrogen-bond acceptors (Lipinski definition) is 3. The van der Waals surface area contributed by atoms with Crippen LogP contribution in [0.1, 0.15) is 41.2 Å². The number of aromatic nitrogens is 2. The largest absolute Gasteiger partial charge is 0.348 e. The van der Waals surface area contributed by atoms with Gasteiger partial charge in [-0.25, -0.2) is 14.4 Å². The predicted octanol–water partition coefficient (Wildman–Crippen LogP) is 3.34. The van der Waals surface area contributed by atoms with Gasteiger partial charge in [0.1, 0.15) is 17.8 Å². The molecule has 0 saturated heterocycles.